The number of hydrogen-bond donors (Lipinski definition) is 0. The van der Waals surface area contributed by atoms with Gasteiger partial charge in [-0.25, -0.2) is 0 Å². The molecule has 0 N–H and O–H groups in total. The van der Waals surface area contributed by atoms with Gasteiger partial charge in [-0.15, -0.1) is 0 Å². The average molecular weight is 379 g/mol. The lowest BCUT2D eigenvalue weighted by atomic mass is 9.33. The topological polar surface area (TPSA) is 23.8 Å². The van der Waals surface area contributed by atoms with E-state index >= 15 is 0 Å². The van der Waals surface area contributed by atoms with Crippen LogP contribution >= 0.6 is 0 Å². The SMILES string of the molecule is Cc1cc(C)c(B(c2cc(C)c(C#N)cc2C)c2c(C)cc(C)cc2C)c(C)c1. The van der Waals surface area contributed by atoms with E-state index in [4.69, 9.17) is 0 Å². The summed E-state index contributed by atoms with van der Waals surface area (Å²) in [5.74, 6) is 0. The lowest BCUT2D eigenvalue weighted by Gasteiger charge is -2.26. The van der Waals surface area contributed by atoms with Crippen molar-refractivity contribution in [2.75, 3.05) is 0 Å². The molecular formula is C27H30BN. The van der Waals surface area contributed by atoms with Gasteiger partial charge in [0.05, 0.1) is 11.6 Å². The molecule has 3 aromatic carbocycles. The van der Waals surface area contributed by atoms with Gasteiger partial charge in [-0.05, 0) is 67.0 Å². The summed E-state index contributed by atoms with van der Waals surface area (Å²) in [7, 11) is 0. The Morgan fingerprint density at radius 1 is 0.552 bits per heavy atom. The molecule has 0 radical (unpaired) electrons. The maximum absolute atomic E-state index is 9.49. The van der Waals surface area contributed by atoms with Gasteiger partial charge in [0.1, 0.15) is 0 Å². The van der Waals surface area contributed by atoms with Crippen LogP contribution in [0.15, 0.2) is 36.4 Å². The normalized spacial score (nSPS) is 10.7. The van der Waals surface area contributed by atoms with Gasteiger partial charge >= 0.3 is 0 Å². The van der Waals surface area contributed by atoms with Crippen molar-refractivity contribution in [3.63, 3.8) is 0 Å². The monoisotopic (exact) mass is 379 g/mol. The van der Waals surface area contributed by atoms with E-state index in [1.54, 1.807) is 0 Å². The third kappa shape index (κ3) is 3.88. The van der Waals surface area contributed by atoms with E-state index in [0.29, 0.717) is 0 Å². The summed E-state index contributed by atoms with van der Waals surface area (Å²) in [6.45, 7) is 17.6. The minimum atomic E-state index is 0.155. The van der Waals surface area contributed by atoms with Crippen molar-refractivity contribution in [3.05, 3.63) is 86.5 Å². The van der Waals surface area contributed by atoms with E-state index in [1.807, 2.05) is 6.92 Å². The number of nitrogens with zero attached hydrogens (tertiary/aromatic N) is 1. The van der Waals surface area contributed by atoms with Crippen molar-refractivity contribution in [1.29, 1.82) is 5.26 Å². The molecule has 0 saturated heterocycles. The molecule has 0 aromatic heterocycles. The summed E-state index contributed by atoms with van der Waals surface area (Å²) in [4.78, 5) is 0. The molecule has 0 aliphatic rings. The fraction of sp³-hybridized carbons (Fsp3) is 0.296. The Kier molecular flexibility index (Phi) is 5.72. The Bertz CT molecular complexity index is 1040. The Labute approximate surface area is 176 Å². The first kappa shape index (κ1) is 20.9. The molecule has 3 rings (SSSR count). The Morgan fingerprint density at radius 3 is 1.34 bits per heavy atom. The van der Waals surface area contributed by atoms with E-state index < -0.39 is 0 Å². The highest BCUT2D eigenvalue weighted by Gasteiger charge is 2.29. The number of nitriles is 1. The van der Waals surface area contributed by atoms with E-state index in [2.05, 4.69) is 90.9 Å². The van der Waals surface area contributed by atoms with E-state index in [1.165, 1.54) is 55.3 Å². The second-order valence-electron chi connectivity index (χ2n) is 8.69. The highest BCUT2D eigenvalue weighted by Crippen LogP contribution is 2.15. The van der Waals surface area contributed by atoms with Crippen molar-refractivity contribution in [2.24, 2.45) is 0 Å². The van der Waals surface area contributed by atoms with Gasteiger partial charge in [-0.3, -0.25) is 0 Å². The van der Waals surface area contributed by atoms with Crippen LogP contribution in [0.5, 0.6) is 0 Å². The van der Waals surface area contributed by atoms with Crippen molar-refractivity contribution >= 4 is 23.1 Å². The van der Waals surface area contributed by atoms with Crippen molar-refractivity contribution in [3.8, 4) is 6.07 Å². The minimum absolute atomic E-state index is 0.155. The molecule has 0 atom stereocenters. The fourth-order valence-corrected chi connectivity index (χ4v) is 5.02. The third-order valence-corrected chi connectivity index (χ3v) is 6.10. The van der Waals surface area contributed by atoms with E-state index in [0.717, 1.165) is 11.1 Å². The molecule has 146 valence electrons. The van der Waals surface area contributed by atoms with Crippen LogP contribution in [0.4, 0.5) is 0 Å². The van der Waals surface area contributed by atoms with Gasteiger partial charge < -0.3 is 0 Å². The molecule has 0 bridgehead atoms. The van der Waals surface area contributed by atoms with Gasteiger partial charge in [-0.2, -0.15) is 5.26 Å². The quantitative estimate of drug-likeness (QED) is 0.613. The van der Waals surface area contributed by atoms with Crippen LogP contribution in [0.1, 0.15) is 50.1 Å². The Morgan fingerprint density at radius 2 is 0.966 bits per heavy atom. The van der Waals surface area contributed by atoms with Gasteiger partial charge in [0.2, 0.25) is 6.71 Å². The first-order chi connectivity index (χ1) is 13.6. The molecule has 0 aliphatic heterocycles. The lowest BCUT2D eigenvalue weighted by molar-refractivity contribution is 1.33. The Hall–Kier alpha value is -2.79. The van der Waals surface area contributed by atoms with Crippen molar-refractivity contribution in [1.82, 2.24) is 0 Å². The maximum atomic E-state index is 9.49. The molecule has 0 amide bonds. The molecule has 2 heteroatoms. The van der Waals surface area contributed by atoms with Crippen LogP contribution in [-0.4, -0.2) is 6.71 Å². The van der Waals surface area contributed by atoms with Crippen molar-refractivity contribution < 1.29 is 0 Å². The molecule has 0 unspecified atom stereocenters. The van der Waals surface area contributed by atoms with Gasteiger partial charge in [0.25, 0.3) is 0 Å². The zero-order valence-electron chi connectivity index (χ0n) is 19.0. The Balaban J connectivity index is 2.43. The molecule has 29 heavy (non-hydrogen) atoms. The van der Waals surface area contributed by atoms with Crippen LogP contribution < -0.4 is 16.4 Å². The largest absolute Gasteiger partial charge is 0.242 e. The smallest absolute Gasteiger partial charge is 0.192 e. The molecule has 1 nitrogen and oxygen atoms in total. The predicted octanol–water partition coefficient (Wildman–Crippen LogP) is 4.54. The average Bonchev–Trinajstić information content (AvgIpc) is 2.60. The molecule has 0 spiro atoms. The molecule has 0 heterocycles. The summed E-state index contributed by atoms with van der Waals surface area (Å²) in [5, 5.41) is 9.49. The fourth-order valence-electron chi connectivity index (χ4n) is 5.02. The summed E-state index contributed by atoms with van der Waals surface area (Å²) in [6, 6.07) is 15.8. The van der Waals surface area contributed by atoms with Gasteiger partial charge in [0.15, 0.2) is 0 Å². The van der Waals surface area contributed by atoms with Crippen LogP contribution in [0, 0.1) is 66.7 Å². The zero-order chi connectivity index (χ0) is 21.5. The highest BCUT2D eigenvalue weighted by atomic mass is 14.2. The zero-order valence-corrected chi connectivity index (χ0v) is 19.0. The molecular weight excluding hydrogens is 349 g/mol. The summed E-state index contributed by atoms with van der Waals surface area (Å²) in [6.07, 6.45) is 0. The molecule has 3 aromatic rings. The minimum Gasteiger partial charge on any atom is -0.192 e. The van der Waals surface area contributed by atoms with Crippen LogP contribution in [0.25, 0.3) is 0 Å². The van der Waals surface area contributed by atoms with E-state index in [-0.39, 0.29) is 6.71 Å². The lowest BCUT2D eigenvalue weighted by Crippen LogP contribution is -2.56. The number of rotatable bonds is 3. The number of hydrogen-bond acceptors (Lipinski definition) is 1. The number of aryl methyl sites for hydroxylation is 8. The second-order valence-corrected chi connectivity index (χ2v) is 8.69. The first-order valence-electron chi connectivity index (χ1n) is 10.3. The molecule has 0 fully saturated rings. The summed E-state index contributed by atoms with van der Waals surface area (Å²) < 4.78 is 0. The first-order valence-corrected chi connectivity index (χ1v) is 10.3. The third-order valence-electron chi connectivity index (χ3n) is 6.10. The van der Waals surface area contributed by atoms with Crippen LogP contribution in [-0.2, 0) is 0 Å². The highest BCUT2D eigenvalue weighted by molar-refractivity contribution is 6.96. The molecule has 0 aliphatic carbocycles. The van der Waals surface area contributed by atoms with Gasteiger partial charge in [-0.1, -0.05) is 85.7 Å². The predicted molar refractivity (Wildman–Crippen MR) is 127 cm³/mol. The van der Waals surface area contributed by atoms with Crippen molar-refractivity contribution in [2.45, 2.75) is 55.4 Å². The van der Waals surface area contributed by atoms with Gasteiger partial charge in [0, 0.05) is 0 Å². The maximum Gasteiger partial charge on any atom is 0.242 e. The second kappa shape index (κ2) is 7.92. The van der Waals surface area contributed by atoms with Crippen LogP contribution in [0.2, 0.25) is 0 Å². The molecule has 0 saturated carbocycles. The van der Waals surface area contributed by atoms with Crippen LogP contribution in [0.3, 0.4) is 0 Å². The number of benzene rings is 3. The standard InChI is InChI=1S/C27H30BN/c1-16-9-20(5)26(21(6)10-16)28(27-22(7)11-17(2)12-23(27)8)25-14-18(3)24(15-29)13-19(25)4/h9-14H,1-8H3. The summed E-state index contributed by atoms with van der Waals surface area (Å²) in [5.41, 5.74) is 15.0. The van der Waals surface area contributed by atoms with E-state index in [9.17, 15) is 5.26 Å². The summed E-state index contributed by atoms with van der Waals surface area (Å²) >= 11 is 0.